The molecule has 0 aliphatic rings. The van der Waals surface area contributed by atoms with Gasteiger partial charge in [-0.15, -0.1) is 0 Å². The highest BCUT2D eigenvalue weighted by Crippen LogP contribution is 2.35. The maximum atomic E-state index is 11.9. The molecule has 0 spiro atoms. The fourth-order valence-corrected chi connectivity index (χ4v) is 7.31. The molecule has 0 radical (unpaired) electrons. The van der Waals surface area contributed by atoms with Crippen molar-refractivity contribution in [3.63, 3.8) is 0 Å². The minimum atomic E-state index is -0.470. The topological polar surface area (TPSA) is 183 Å². The second kappa shape index (κ2) is 14.0. The molecule has 0 bridgehead atoms. The summed E-state index contributed by atoms with van der Waals surface area (Å²) in [4.78, 5) is 43.1. The van der Waals surface area contributed by atoms with Crippen molar-refractivity contribution < 1.29 is 9.59 Å². The summed E-state index contributed by atoms with van der Waals surface area (Å²) in [6.45, 7) is 12.5. The molecule has 2 amide bonds. The van der Waals surface area contributed by atoms with Crippen LogP contribution in [0.3, 0.4) is 0 Å². The number of imidazole rings is 2. The van der Waals surface area contributed by atoms with Crippen LogP contribution >= 0.6 is 0 Å². The third kappa shape index (κ3) is 5.99. The van der Waals surface area contributed by atoms with Gasteiger partial charge in [0.1, 0.15) is 24.0 Å². The van der Waals surface area contributed by atoms with Gasteiger partial charge < -0.3 is 20.6 Å². The zero-order valence-corrected chi connectivity index (χ0v) is 32.1. The van der Waals surface area contributed by atoms with E-state index in [0.29, 0.717) is 46.7 Å². The van der Waals surface area contributed by atoms with Crippen LogP contribution in [0.5, 0.6) is 0 Å². The smallest absolute Gasteiger partial charge is 0.248 e. The Morgan fingerprint density at radius 1 is 0.589 bits per heavy atom. The van der Waals surface area contributed by atoms with Gasteiger partial charge in [0.25, 0.3) is 0 Å². The molecule has 0 unspecified atom stereocenters. The van der Waals surface area contributed by atoms with Crippen molar-refractivity contribution in [3.05, 3.63) is 120 Å². The Morgan fingerprint density at radius 3 is 1.36 bits per heavy atom. The average Bonchev–Trinajstić information content (AvgIpc) is 4.02. The number of carbonyl (C=O) groups is 2. The fourth-order valence-electron chi connectivity index (χ4n) is 7.31. The minimum absolute atomic E-state index is 0.0933. The predicted molar refractivity (Wildman–Crippen MR) is 215 cm³/mol. The fraction of sp³-hybridized carbons (Fsp3) is 0.238. The first-order chi connectivity index (χ1) is 27.0. The first-order valence-corrected chi connectivity index (χ1v) is 18.7. The lowest BCUT2D eigenvalue weighted by Crippen LogP contribution is -2.12. The number of nitrogens with two attached hydrogens (primary N) is 2. The van der Waals surface area contributed by atoms with Gasteiger partial charge in [0.2, 0.25) is 11.8 Å². The van der Waals surface area contributed by atoms with E-state index in [1.54, 1.807) is 37.2 Å². The SMILES string of the molecule is CCc1cc(C(N)=O)ccc1-n1nc(C(C)C)c2c(-n3cnc(-c4cn(-c5ccnc6c5c(C(C)C)nn6-c5ccc(C(N)=O)cc5CC)cn4)c3)ccnc21. The number of fused-ring (bicyclic) bond motifs is 2. The first-order valence-electron chi connectivity index (χ1n) is 18.7. The largest absolute Gasteiger partial charge is 0.366 e. The molecule has 2 aromatic carbocycles. The average molecular weight is 747 g/mol. The van der Waals surface area contributed by atoms with E-state index in [0.717, 1.165) is 56.0 Å². The van der Waals surface area contributed by atoms with E-state index in [1.165, 1.54) is 0 Å². The highest BCUT2D eigenvalue weighted by Gasteiger charge is 2.24. The zero-order valence-electron chi connectivity index (χ0n) is 32.1. The zero-order chi connectivity index (χ0) is 39.4. The van der Waals surface area contributed by atoms with Crippen LogP contribution in [0.2, 0.25) is 0 Å². The lowest BCUT2D eigenvalue weighted by Gasteiger charge is -2.10. The van der Waals surface area contributed by atoms with E-state index in [2.05, 4.69) is 27.7 Å². The molecular formula is C42H42N12O2. The molecule has 8 aromatic rings. The van der Waals surface area contributed by atoms with Gasteiger partial charge in [0.05, 0.1) is 44.9 Å². The van der Waals surface area contributed by atoms with Gasteiger partial charge in [-0.1, -0.05) is 41.5 Å². The van der Waals surface area contributed by atoms with Crippen molar-refractivity contribution >= 4 is 33.9 Å². The second-order valence-electron chi connectivity index (χ2n) is 14.4. The standard InChI is InChI=1S/C42H42N12O2/c1-7-25-17-27(39(43)55)9-11-31(25)53-41-35(37(49-53)23(3)4)33(13-15-45-41)51-19-29(47-21-51)30-20-52(22-48-30)34-14-16-46-42-36(34)38(24(5)6)50-54(42)32-12-10-28(40(44)56)18-26(32)8-2/h9-24H,7-8H2,1-6H3,(H2,43,55)(H2,44,56). The summed E-state index contributed by atoms with van der Waals surface area (Å²) in [5.74, 6) is -0.754. The number of aryl methyl sites for hydroxylation is 2. The summed E-state index contributed by atoms with van der Waals surface area (Å²) >= 11 is 0. The molecule has 14 heteroatoms. The number of amides is 2. The molecule has 0 saturated heterocycles. The molecule has 6 heterocycles. The number of rotatable bonds is 11. The summed E-state index contributed by atoms with van der Waals surface area (Å²) in [6.07, 6.45) is 12.4. The van der Waals surface area contributed by atoms with Crippen molar-refractivity contribution in [1.82, 2.24) is 48.6 Å². The highest BCUT2D eigenvalue weighted by molar-refractivity contribution is 5.95. The molecular weight excluding hydrogens is 705 g/mol. The van der Waals surface area contributed by atoms with E-state index >= 15 is 0 Å². The Bertz CT molecular complexity index is 2630. The van der Waals surface area contributed by atoms with E-state index in [4.69, 9.17) is 41.6 Å². The summed E-state index contributed by atoms with van der Waals surface area (Å²) in [5, 5.41) is 12.0. The number of benzene rings is 2. The Kier molecular flexibility index (Phi) is 9.03. The van der Waals surface area contributed by atoms with Gasteiger partial charge >= 0.3 is 0 Å². The molecule has 0 aliphatic carbocycles. The third-order valence-electron chi connectivity index (χ3n) is 10.2. The molecule has 8 rings (SSSR count). The van der Waals surface area contributed by atoms with E-state index in [-0.39, 0.29) is 11.8 Å². The Hall–Kier alpha value is -6.96. The van der Waals surface area contributed by atoms with Gasteiger partial charge in [0, 0.05) is 35.9 Å². The Morgan fingerprint density at radius 2 is 1.00 bits per heavy atom. The molecule has 0 aliphatic heterocycles. The lowest BCUT2D eigenvalue weighted by molar-refractivity contribution is 0.0991. The second-order valence-corrected chi connectivity index (χ2v) is 14.4. The summed E-state index contributed by atoms with van der Waals surface area (Å²) < 4.78 is 7.68. The lowest BCUT2D eigenvalue weighted by atomic mass is 10.1. The van der Waals surface area contributed by atoms with Crippen molar-refractivity contribution in [2.45, 2.75) is 66.2 Å². The van der Waals surface area contributed by atoms with Crippen molar-refractivity contribution in [3.8, 4) is 34.1 Å². The van der Waals surface area contributed by atoms with Crippen LogP contribution in [0.25, 0.3) is 56.2 Å². The summed E-state index contributed by atoms with van der Waals surface area (Å²) in [6, 6.07) is 14.8. The number of pyridine rings is 2. The summed E-state index contributed by atoms with van der Waals surface area (Å²) in [7, 11) is 0. The van der Waals surface area contributed by atoms with Gasteiger partial charge in [-0.25, -0.2) is 29.3 Å². The molecule has 0 atom stereocenters. The third-order valence-corrected chi connectivity index (χ3v) is 10.2. The van der Waals surface area contributed by atoms with Crippen LogP contribution < -0.4 is 11.5 Å². The van der Waals surface area contributed by atoms with E-state index in [1.807, 2.05) is 81.1 Å². The van der Waals surface area contributed by atoms with Crippen LogP contribution in [0.1, 0.15) is 96.6 Å². The van der Waals surface area contributed by atoms with Gasteiger partial charge in [-0.05, 0) is 84.3 Å². The molecule has 6 aromatic heterocycles. The van der Waals surface area contributed by atoms with Crippen molar-refractivity contribution in [1.29, 1.82) is 0 Å². The van der Waals surface area contributed by atoms with Gasteiger partial charge in [-0.2, -0.15) is 10.2 Å². The normalized spacial score (nSPS) is 11.8. The van der Waals surface area contributed by atoms with Crippen molar-refractivity contribution in [2.24, 2.45) is 11.5 Å². The molecule has 56 heavy (non-hydrogen) atoms. The van der Waals surface area contributed by atoms with E-state index < -0.39 is 11.8 Å². The van der Waals surface area contributed by atoms with Crippen LogP contribution in [-0.2, 0) is 12.8 Å². The number of aromatic nitrogens is 10. The van der Waals surface area contributed by atoms with Crippen molar-refractivity contribution in [2.75, 3.05) is 0 Å². The number of hydrogen-bond acceptors (Lipinski definition) is 8. The molecule has 282 valence electrons. The quantitative estimate of drug-likeness (QED) is 0.145. The first kappa shape index (κ1) is 36.0. The molecule has 0 saturated carbocycles. The van der Waals surface area contributed by atoms with Crippen LogP contribution in [0.4, 0.5) is 0 Å². The molecule has 14 nitrogen and oxygen atoms in total. The Labute approximate surface area is 322 Å². The number of primary amides is 2. The van der Waals surface area contributed by atoms with E-state index in [9.17, 15) is 9.59 Å². The van der Waals surface area contributed by atoms with Crippen LogP contribution in [0.15, 0.2) is 86.0 Å². The maximum Gasteiger partial charge on any atom is 0.248 e. The Balaban J connectivity index is 1.19. The van der Waals surface area contributed by atoms with Crippen LogP contribution in [-0.4, -0.2) is 60.4 Å². The number of carbonyl (C=O) groups excluding carboxylic acids is 2. The van der Waals surface area contributed by atoms with Crippen LogP contribution in [0, 0.1) is 0 Å². The predicted octanol–water partition coefficient (Wildman–Crippen LogP) is 6.76. The monoisotopic (exact) mass is 746 g/mol. The van der Waals surface area contributed by atoms with Gasteiger partial charge in [0.15, 0.2) is 11.3 Å². The minimum Gasteiger partial charge on any atom is -0.366 e. The summed E-state index contributed by atoms with van der Waals surface area (Å²) in [5.41, 5.74) is 22.0. The number of hydrogen-bond donors (Lipinski definition) is 2. The number of nitrogens with zero attached hydrogens (tertiary/aromatic N) is 10. The highest BCUT2D eigenvalue weighted by atomic mass is 16.1. The molecule has 4 N–H and O–H groups in total. The molecule has 0 fully saturated rings. The maximum absolute atomic E-state index is 11.9. The van der Waals surface area contributed by atoms with Gasteiger partial charge in [-0.3, -0.25) is 9.59 Å².